The standard InChI is InChI=1S/C75H138O6/c1-4-7-10-13-16-19-22-25-28-31-33-34-35-36-37-38-39-40-41-43-44-47-50-53-56-59-62-65-68-74(77)80-71-72(70-79-73(76)67-64-61-58-55-52-49-46-30-27-24-21-18-15-12-9-6-3)81-75(78)69-66-63-60-57-54-51-48-45-42-32-29-26-23-20-17-14-11-8-5-2/h8,11,17,20,26,29,42,45,72H,4-7,9-10,12-16,18-19,21-25,27-28,30-41,43-44,46-71H2,1-3H3/b11-8-,20-17-,29-26-,45-42-. The fourth-order valence-electron chi connectivity index (χ4n) is 11.0. The molecule has 0 aromatic heterocycles. The lowest BCUT2D eigenvalue weighted by molar-refractivity contribution is -0.167. The molecular formula is C75H138O6. The molecule has 0 bridgehead atoms. The molecule has 0 aliphatic carbocycles. The van der Waals surface area contributed by atoms with Gasteiger partial charge in [0, 0.05) is 19.3 Å². The van der Waals surface area contributed by atoms with Crippen LogP contribution in [0.1, 0.15) is 393 Å². The molecule has 0 aromatic rings. The molecule has 0 saturated carbocycles. The van der Waals surface area contributed by atoms with Gasteiger partial charge in [0.2, 0.25) is 0 Å². The minimum absolute atomic E-state index is 0.0737. The summed E-state index contributed by atoms with van der Waals surface area (Å²) < 4.78 is 17.0. The highest BCUT2D eigenvalue weighted by Gasteiger charge is 2.19. The molecular weight excluding hydrogens is 997 g/mol. The molecule has 0 radical (unpaired) electrons. The summed E-state index contributed by atoms with van der Waals surface area (Å²) in [5, 5.41) is 0. The zero-order chi connectivity index (χ0) is 58.5. The Labute approximate surface area is 505 Å². The van der Waals surface area contributed by atoms with Crippen LogP contribution in [0, 0.1) is 0 Å². The molecule has 474 valence electrons. The first-order chi connectivity index (χ1) is 40.0. The Morgan fingerprint density at radius 1 is 0.259 bits per heavy atom. The van der Waals surface area contributed by atoms with Crippen molar-refractivity contribution < 1.29 is 28.6 Å². The Hall–Kier alpha value is -2.63. The maximum atomic E-state index is 12.9. The lowest BCUT2D eigenvalue weighted by atomic mass is 10.0. The van der Waals surface area contributed by atoms with Gasteiger partial charge in [-0.15, -0.1) is 0 Å². The average molecular weight is 1140 g/mol. The predicted molar refractivity (Wildman–Crippen MR) is 353 cm³/mol. The van der Waals surface area contributed by atoms with Crippen LogP contribution in [0.2, 0.25) is 0 Å². The fraction of sp³-hybridized carbons (Fsp3) is 0.853. The zero-order valence-electron chi connectivity index (χ0n) is 54.6. The van der Waals surface area contributed by atoms with Crippen molar-refractivity contribution in [3.63, 3.8) is 0 Å². The zero-order valence-corrected chi connectivity index (χ0v) is 54.6. The molecule has 0 aromatic carbocycles. The molecule has 0 N–H and O–H groups in total. The number of carbonyl (C=O) groups is 3. The van der Waals surface area contributed by atoms with Crippen LogP contribution >= 0.6 is 0 Å². The maximum absolute atomic E-state index is 12.9. The van der Waals surface area contributed by atoms with Gasteiger partial charge in [0.25, 0.3) is 0 Å². The van der Waals surface area contributed by atoms with E-state index in [-0.39, 0.29) is 31.1 Å². The van der Waals surface area contributed by atoms with Gasteiger partial charge in [-0.2, -0.15) is 0 Å². The van der Waals surface area contributed by atoms with E-state index in [0.29, 0.717) is 19.3 Å². The predicted octanol–water partition coefficient (Wildman–Crippen LogP) is 24.9. The number of hydrogen-bond acceptors (Lipinski definition) is 6. The van der Waals surface area contributed by atoms with E-state index in [2.05, 4.69) is 69.4 Å². The molecule has 6 heteroatoms. The second kappa shape index (κ2) is 69.9. The minimum atomic E-state index is -0.779. The average Bonchev–Trinajstić information content (AvgIpc) is 3.47. The lowest BCUT2D eigenvalue weighted by Crippen LogP contribution is -2.30. The van der Waals surface area contributed by atoms with Gasteiger partial charge in [0.05, 0.1) is 0 Å². The summed E-state index contributed by atoms with van der Waals surface area (Å²) in [5.74, 6) is -0.858. The van der Waals surface area contributed by atoms with Crippen LogP contribution < -0.4 is 0 Å². The van der Waals surface area contributed by atoms with Crippen molar-refractivity contribution in [1.29, 1.82) is 0 Å². The Kier molecular flexibility index (Phi) is 67.6. The summed E-state index contributed by atoms with van der Waals surface area (Å²) in [6.45, 7) is 6.59. The Bertz CT molecular complexity index is 1400. The number of carbonyl (C=O) groups excluding carboxylic acids is 3. The van der Waals surface area contributed by atoms with Gasteiger partial charge >= 0.3 is 17.9 Å². The first kappa shape index (κ1) is 78.4. The van der Waals surface area contributed by atoms with Gasteiger partial charge in [-0.25, -0.2) is 0 Å². The molecule has 1 atom stereocenters. The summed E-state index contributed by atoms with van der Waals surface area (Å²) in [5.41, 5.74) is 0. The first-order valence-corrected chi connectivity index (χ1v) is 36.1. The van der Waals surface area contributed by atoms with E-state index >= 15 is 0 Å². The number of rotatable bonds is 67. The third kappa shape index (κ3) is 68.0. The van der Waals surface area contributed by atoms with Gasteiger partial charge in [0.15, 0.2) is 6.10 Å². The second-order valence-corrected chi connectivity index (χ2v) is 24.5. The fourth-order valence-corrected chi connectivity index (χ4v) is 11.0. The third-order valence-electron chi connectivity index (χ3n) is 16.3. The van der Waals surface area contributed by atoms with Gasteiger partial charge in [-0.1, -0.05) is 365 Å². The maximum Gasteiger partial charge on any atom is 0.306 e. The van der Waals surface area contributed by atoms with Crippen LogP contribution in [0.25, 0.3) is 0 Å². The monoisotopic (exact) mass is 1140 g/mol. The summed E-state index contributed by atoms with van der Waals surface area (Å²) in [7, 11) is 0. The minimum Gasteiger partial charge on any atom is -0.462 e. The van der Waals surface area contributed by atoms with Crippen molar-refractivity contribution >= 4 is 17.9 Å². The van der Waals surface area contributed by atoms with E-state index < -0.39 is 6.10 Å². The number of ether oxygens (including phenoxy) is 3. The summed E-state index contributed by atoms with van der Waals surface area (Å²) >= 11 is 0. The van der Waals surface area contributed by atoms with Gasteiger partial charge < -0.3 is 14.2 Å². The van der Waals surface area contributed by atoms with Crippen LogP contribution in [0.4, 0.5) is 0 Å². The van der Waals surface area contributed by atoms with Gasteiger partial charge in [-0.05, 0) is 57.8 Å². The topological polar surface area (TPSA) is 78.9 Å². The molecule has 0 aliphatic rings. The van der Waals surface area contributed by atoms with Crippen LogP contribution in [0.5, 0.6) is 0 Å². The van der Waals surface area contributed by atoms with Crippen molar-refractivity contribution in [3.05, 3.63) is 48.6 Å². The first-order valence-electron chi connectivity index (χ1n) is 36.1. The molecule has 0 amide bonds. The van der Waals surface area contributed by atoms with E-state index in [4.69, 9.17) is 14.2 Å². The van der Waals surface area contributed by atoms with Crippen molar-refractivity contribution in [1.82, 2.24) is 0 Å². The summed E-state index contributed by atoms with van der Waals surface area (Å²) in [4.78, 5) is 38.5. The summed E-state index contributed by atoms with van der Waals surface area (Å²) in [6.07, 6.45) is 88.6. The lowest BCUT2D eigenvalue weighted by Gasteiger charge is -2.18. The molecule has 0 fully saturated rings. The highest BCUT2D eigenvalue weighted by molar-refractivity contribution is 5.71. The van der Waals surface area contributed by atoms with E-state index in [1.807, 2.05) is 0 Å². The van der Waals surface area contributed by atoms with Crippen molar-refractivity contribution in [2.24, 2.45) is 0 Å². The smallest absolute Gasteiger partial charge is 0.306 e. The molecule has 0 saturated heterocycles. The molecule has 6 nitrogen and oxygen atoms in total. The SMILES string of the molecule is CC/C=C\C/C=C\C/C=C\C/C=C\CCCCCCCCC(=O)OC(COC(=O)CCCCCCCCCCCCCCCCCC)COC(=O)CCCCCCCCCCCCCCCCCCCCCCCCCCCCCC. The molecule has 1 unspecified atom stereocenters. The molecule has 0 rings (SSSR count). The van der Waals surface area contributed by atoms with E-state index in [9.17, 15) is 14.4 Å². The van der Waals surface area contributed by atoms with Crippen LogP contribution in [-0.2, 0) is 28.6 Å². The molecule has 81 heavy (non-hydrogen) atoms. The van der Waals surface area contributed by atoms with E-state index in [1.165, 1.54) is 257 Å². The van der Waals surface area contributed by atoms with Crippen LogP contribution in [-0.4, -0.2) is 37.2 Å². The Morgan fingerprint density at radius 2 is 0.481 bits per heavy atom. The number of allylic oxidation sites excluding steroid dienone is 8. The van der Waals surface area contributed by atoms with Crippen molar-refractivity contribution in [2.45, 2.75) is 399 Å². The molecule has 0 spiro atoms. The number of unbranched alkanes of at least 4 members (excludes halogenated alkanes) is 48. The van der Waals surface area contributed by atoms with Crippen LogP contribution in [0.3, 0.4) is 0 Å². The van der Waals surface area contributed by atoms with Crippen molar-refractivity contribution in [3.8, 4) is 0 Å². The van der Waals surface area contributed by atoms with Crippen molar-refractivity contribution in [2.75, 3.05) is 13.2 Å². The third-order valence-corrected chi connectivity index (χ3v) is 16.3. The number of esters is 3. The molecule has 0 aliphatic heterocycles. The number of hydrogen-bond donors (Lipinski definition) is 0. The largest absolute Gasteiger partial charge is 0.462 e. The Morgan fingerprint density at radius 3 is 0.753 bits per heavy atom. The van der Waals surface area contributed by atoms with Gasteiger partial charge in [-0.3, -0.25) is 14.4 Å². The summed E-state index contributed by atoms with van der Waals surface area (Å²) in [6, 6.07) is 0. The van der Waals surface area contributed by atoms with E-state index in [0.717, 1.165) is 96.3 Å². The quantitative estimate of drug-likeness (QED) is 0.0261. The second-order valence-electron chi connectivity index (χ2n) is 24.5. The highest BCUT2D eigenvalue weighted by atomic mass is 16.6. The van der Waals surface area contributed by atoms with Gasteiger partial charge in [0.1, 0.15) is 13.2 Å². The highest BCUT2D eigenvalue weighted by Crippen LogP contribution is 2.19. The van der Waals surface area contributed by atoms with E-state index in [1.54, 1.807) is 0 Å². The Balaban J connectivity index is 4.24. The van der Waals surface area contributed by atoms with Crippen LogP contribution in [0.15, 0.2) is 48.6 Å². The molecule has 0 heterocycles. The normalized spacial score (nSPS) is 12.3.